The first-order chi connectivity index (χ1) is 11.6. The largest absolute Gasteiger partial charge is 0.356 e. The van der Waals surface area contributed by atoms with Crippen molar-refractivity contribution >= 4 is 5.91 Å². The molecule has 3 atom stereocenters. The van der Waals surface area contributed by atoms with E-state index in [0.717, 1.165) is 45.3 Å². The number of nitro groups is 1. The number of nitrogens with one attached hydrogen (secondary N) is 1. The lowest BCUT2D eigenvalue weighted by Gasteiger charge is -2.36. The molecule has 1 aliphatic heterocycles. The van der Waals surface area contributed by atoms with E-state index in [4.69, 9.17) is 0 Å². The minimum Gasteiger partial charge on any atom is -0.356 e. The number of amides is 1. The van der Waals surface area contributed by atoms with Crippen molar-refractivity contribution in [2.24, 2.45) is 11.8 Å². The summed E-state index contributed by atoms with van der Waals surface area (Å²) in [4.78, 5) is 26.2. The van der Waals surface area contributed by atoms with Gasteiger partial charge in [-0.1, -0.05) is 19.3 Å². The van der Waals surface area contributed by atoms with Crippen molar-refractivity contribution in [1.29, 1.82) is 0 Å². The molecule has 0 radical (unpaired) electrons. The zero-order chi connectivity index (χ0) is 16.9. The molecule has 1 heterocycles. The highest BCUT2D eigenvalue weighted by atomic mass is 16.6. The Morgan fingerprint density at radius 3 is 2.42 bits per heavy atom. The zero-order valence-electron chi connectivity index (χ0n) is 14.6. The van der Waals surface area contributed by atoms with Crippen molar-refractivity contribution in [3.63, 3.8) is 0 Å². The summed E-state index contributed by atoms with van der Waals surface area (Å²) >= 11 is 0. The van der Waals surface area contributed by atoms with Crippen LogP contribution in [0.2, 0.25) is 0 Å². The first-order valence-electron chi connectivity index (χ1n) is 9.80. The van der Waals surface area contributed by atoms with Crippen molar-refractivity contribution in [2.75, 3.05) is 19.6 Å². The zero-order valence-corrected chi connectivity index (χ0v) is 14.6. The number of rotatable bonds is 5. The van der Waals surface area contributed by atoms with Crippen LogP contribution in [0.5, 0.6) is 0 Å². The van der Waals surface area contributed by atoms with Crippen LogP contribution < -0.4 is 5.32 Å². The van der Waals surface area contributed by atoms with Crippen LogP contribution in [0.25, 0.3) is 0 Å². The molecule has 24 heavy (non-hydrogen) atoms. The summed E-state index contributed by atoms with van der Waals surface area (Å²) in [5.41, 5.74) is 0. The van der Waals surface area contributed by atoms with E-state index in [2.05, 4.69) is 10.2 Å². The molecule has 3 unspecified atom stereocenters. The summed E-state index contributed by atoms with van der Waals surface area (Å²) in [7, 11) is 0. The molecule has 1 amide bonds. The number of hydrogen-bond donors (Lipinski definition) is 1. The van der Waals surface area contributed by atoms with Crippen molar-refractivity contribution in [3.8, 4) is 0 Å². The van der Waals surface area contributed by atoms with Gasteiger partial charge in [0.05, 0.1) is 6.04 Å². The Morgan fingerprint density at radius 1 is 1.04 bits per heavy atom. The van der Waals surface area contributed by atoms with E-state index < -0.39 is 6.04 Å². The molecule has 3 rings (SSSR count). The monoisotopic (exact) mass is 337 g/mol. The predicted octanol–water partition coefficient (Wildman–Crippen LogP) is 2.59. The third-order valence-electron chi connectivity index (χ3n) is 6.32. The predicted molar refractivity (Wildman–Crippen MR) is 92.3 cm³/mol. The average molecular weight is 337 g/mol. The summed E-state index contributed by atoms with van der Waals surface area (Å²) in [6.45, 7) is 2.72. The van der Waals surface area contributed by atoms with Crippen LogP contribution in [0, 0.1) is 22.0 Å². The van der Waals surface area contributed by atoms with Crippen LogP contribution in [-0.2, 0) is 4.79 Å². The topological polar surface area (TPSA) is 75.5 Å². The smallest absolute Gasteiger partial charge is 0.229 e. The van der Waals surface area contributed by atoms with Crippen molar-refractivity contribution in [1.82, 2.24) is 10.2 Å². The number of nitrogens with zero attached hydrogens (tertiary/aromatic N) is 2. The third kappa shape index (κ3) is 4.26. The molecular weight excluding hydrogens is 306 g/mol. The quantitative estimate of drug-likeness (QED) is 0.618. The summed E-state index contributed by atoms with van der Waals surface area (Å²) in [6.07, 6.45) is 10.5. The fourth-order valence-corrected chi connectivity index (χ4v) is 4.88. The van der Waals surface area contributed by atoms with E-state index >= 15 is 0 Å². The first kappa shape index (κ1) is 17.6. The van der Waals surface area contributed by atoms with Crippen molar-refractivity contribution < 1.29 is 9.72 Å². The highest BCUT2D eigenvalue weighted by molar-refractivity contribution is 5.78. The second-order valence-corrected chi connectivity index (χ2v) is 7.92. The molecule has 136 valence electrons. The highest BCUT2D eigenvalue weighted by Gasteiger charge is 2.44. The summed E-state index contributed by atoms with van der Waals surface area (Å²) in [5.74, 6) is 0.477. The molecule has 3 fully saturated rings. The van der Waals surface area contributed by atoms with Crippen LogP contribution in [0.3, 0.4) is 0 Å². The maximum Gasteiger partial charge on any atom is 0.229 e. The molecule has 6 heteroatoms. The van der Waals surface area contributed by atoms with Gasteiger partial charge in [-0.25, -0.2) is 0 Å². The van der Waals surface area contributed by atoms with Crippen LogP contribution in [0.4, 0.5) is 0 Å². The van der Waals surface area contributed by atoms with E-state index in [0.29, 0.717) is 12.3 Å². The SMILES string of the molecule is O=C(NCC1CCCCC1)C1CCC(N2CCCC2)C([N+](=O)[O-])C1. The summed E-state index contributed by atoms with van der Waals surface area (Å²) < 4.78 is 0. The van der Waals surface area contributed by atoms with Gasteiger partial charge in [0.2, 0.25) is 11.9 Å². The van der Waals surface area contributed by atoms with Crippen LogP contribution >= 0.6 is 0 Å². The van der Waals surface area contributed by atoms with E-state index in [1.807, 2.05) is 0 Å². The lowest BCUT2D eigenvalue weighted by atomic mass is 9.81. The van der Waals surface area contributed by atoms with Crippen LogP contribution in [0.1, 0.15) is 64.2 Å². The molecule has 0 aromatic heterocycles. The Kier molecular flexibility index (Phi) is 6.09. The van der Waals surface area contributed by atoms with E-state index in [1.54, 1.807) is 0 Å². The lowest BCUT2D eigenvalue weighted by Crippen LogP contribution is -2.51. The lowest BCUT2D eigenvalue weighted by molar-refractivity contribution is -0.534. The van der Waals surface area contributed by atoms with Gasteiger partial charge in [-0.05, 0) is 57.5 Å². The van der Waals surface area contributed by atoms with Crippen LogP contribution in [-0.4, -0.2) is 47.4 Å². The van der Waals surface area contributed by atoms with E-state index in [-0.39, 0.29) is 22.8 Å². The average Bonchev–Trinajstić information content (AvgIpc) is 3.14. The minimum atomic E-state index is -0.581. The van der Waals surface area contributed by atoms with E-state index in [1.165, 1.54) is 32.1 Å². The molecule has 0 spiro atoms. The standard InChI is InChI=1S/C18H31N3O3/c22-18(19-13-14-6-2-1-3-7-14)15-8-9-16(17(12-15)21(23)24)20-10-4-5-11-20/h14-17H,1-13H2,(H,19,22). The fourth-order valence-electron chi connectivity index (χ4n) is 4.88. The minimum absolute atomic E-state index is 0.0323. The van der Waals surface area contributed by atoms with Gasteiger partial charge in [-0.15, -0.1) is 0 Å². The van der Waals surface area contributed by atoms with Crippen molar-refractivity contribution in [2.45, 2.75) is 76.3 Å². The molecule has 3 aliphatic rings. The molecule has 6 nitrogen and oxygen atoms in total. The van der Waals surface area contributed by atoms with Gasteiger partial charge in [0.15, 0.2) is 0 Å². The number of carbonyl (C=O) groups is 1. The highest BCUT2D eigenvalue weighted by Crippen LogP contribution is 2.32. The second kappa shape index (κ2) is 8.28. The normalized spacial score (nSPS) is 32.6. The van der Waals surface area contributed by atoms with Gasteiger partial charge in [0.25, 0.3) is 0 Å². The van der Waals surface area contributed by atoms with Gasteiger partial charge in [-0.3, -0.25) is 19.8 Å². The van der Waals surface area contributed by atoms with Gasteiger partial charge < -0.3 is 5.32 Å². The number of likely N-dealkylation sites (tertiary alicyclic amines) is 1. The van der Waals surface area contributed by atoms with Gasteiger partial charge >= 0.3 is 0 Å². The Morgan fingerprint density at radius 2 is 1.75 bits per heavy atom. The Bertz CT molecular complexity index is 445. The van der Waals surface area contributed by atoms with E-state index in [9.17, 15) is 14.9 Å². The Balaban J connectivity index is 1.51. The van der Waals surface area contributed by atoms with Gasteiger partial charge in [0.1, 0.15) is 0 Å². The third-order valence-corrected chi connectivity index (χ3v) is 6.32. The maximum atomic E-state index is 12.5. The second-order valence-electron chi connectivity index (χ2n) is 7.92. The van der Waals surface area contributed by atoms with Crippen LogP contribution in [0.15, 0.2) is 0 Å². The molecule has 0 aromatic rings. The van der Waals surface area contributed by atoms with Gasteiger partial charge in [-0.2, -0.15) is 0 Å². The molecule has 0 bridgehead atoms. The molecule has 1 N–H and O–H groups in total. The summed E-state index contributed by atoms with van der Waals surface area (Å²) in [5, 5.41) is 14.6. The Labute approximate surface area is 144 Å². The number of carbonyl (C=O) groups excluding carboxylic acids is 1. The molecule has 0 aromatic carbocycles. The number of hydrogen-bond acceptors (Lipinski definition) is 4. The van der Waals surface area contributed by atoms with Gasteiger partial charge in [0, 0.05) is 23.8 Å². The Hall–Kier alpha value is -1.17. The molecule has 1 saturated heterocycles. The molecule has 2 saturated carbocycles. The maximum absolute atomic E-state index is 12.5. The fraction of sp³-hybridized carbons (Fsp3) is 0.944. The summed E-state index contributed by atoms with van der Waals surface area (Å²) in [6, 6.07) is -0.549. The molecule has 2 aliphatic carbocycles. The van der Waals surface area contributed by atoms with Crippen molar-refractivity contribution in [3.05, 3.63) is 10.1 Å². The first-order valence-corrected chi connectivity index (χ1v) is 9.80. The molecular formula is C18H31N3O3.